The van der Waals surface area contributed by atoms with Crippen LogP contribution >= 0.6 is 0 Å². The number of fused-ring (bicyclic) bond motifs is 1. The van der Waals surface area contributed by atoms with Crippen LogP contribution in [0.25, 0.3) is 11.1 Å². The molecule has 0 radical (unpaired) electrons. The summed E-state index contributed by atoms with van der Waals surface area (Å²) in [6.45, 7) is 3.45. The molecule has 0 unspecified atom stereocenters. The highest BCUT2D eigenvalue weighted by Crippen LogP contribution is 2.26. The minimum atomic E-state index is -3.26. The lowest BCUT2D eigenvalue weighted by Crippen LogP contribution is -2.47. The van der Waals surface area contributed by atoms with Gasteiger partial charge in [-0.2, -0.15) is 4.98 Å². The van der Waals surface area contributed by atoms with E-state index in [9.17, 15) is 8.42 Å². The molecule has 120 valence electrons. The molecule has 22 heavy (non-hydrogen) atoms. The molecule has 2 heterocycles. The van der Waals surface area contributed by atoms with Gasteiger partial charge in [-0.05, 0) is 44.1 Å². The third-order valence-corrected chi connectivity index (χ3v) is 5.74. The molecule has 2 aromatic rings. The number of anilines is 1. The van der Waals surface area contributed by atoms with Crippen LogP contribution in [0, 0.1) is 0 Å². The summed E-state index contributed by atoms with van der Waals surface area (Å²) in [4.78, 5) is 4.60. The molecular weight excluding hydrogens is 304 g/mol. The van der Waals surface area contributed by atoms with Crippen molar-refractivity contribution in [2.75, 3.05) is 23.9 Å². The molecule has 1 aromatic heterocycles. The smallest absolute Gasteiger partial charge is 0.313 e. The van der Waals surface area contributed by atoms with Gasteiger partial charge in [-0.3, -0.25) is 5.01 Å². The van der Waals surface area contributed by atoms with Gasteiger partial charge in [0.15, 0.2) is 15.4 Å². The summed E-state index contributed by atoms with van der Waals surface area (Å²) in [5.74, 6) is 6.17. The molecule has 0 atom stereocenters. The molecule has 0 bridgehead atoms. The van der Waals surface area contributed by atoms with Crippen LogP contribution in [0.3, 0.4) is 0 Å². The zero-order valence-corrected chi connectivity index (χ0v) is 13.3. The number of nitrogens with zero attached hydrogens (tertiary/aromatic N) is 2. The first-order valence-electron chi connectivity index (χ1n) is 7.39. The third kappa shape index (κ3) is 2.81. The van der Waals surface area contributed by atoms with Gasteiger partial charge in [-0.15, -0.1) is 0 Å². The van der Waals surface area contributed by atoms with Gasteiger partial charge in [0.1, 0.15) is 5.52 Å². The Morgan fingerprint density at radius 1 is 1.41 bits per heavy atom. The van der Waals surface area contributed by atoms with Gasteiger partial charge in [0.25, 0.3) is 0 Å². The Labute approximate surface area is 129 Å². The number of nitrogens with one attached hydrogen (secondary N) is 1. The predicted molar refractivity (Wildman–Crippen MR) is 84.3 cm³/mol. The van der Waals surface area contributed by atoms with Crippen molar-refractivity contribution in [1.29, 1.82) is 0 Å². The number of sulfone groups is 1. The first-order valence-corrected chi connectivity index (χ1v) is 9.04. The molecule has 1 saturated heterocycles. The zero-order valence-electron chi connectivity index (χ0n) is 12.4. The van der Waals surface area contributed by atoms with Crippen molar-refractivity contribution in [2.24, 2.45) is 5.84 Å². The maximum absolute atomic E-state index is 11.9. The highest BCUT2D eigenvalue weighted by molar-refractivity contribution is 7.91. The molecule has 1 aromatic carbocycles. The molecule has 0 saturated carbocycles. The normalized spacial score (nSPS) is 17.0. The van der Waals surface area contributed by atoms with E-state index in [0.29, 0.717) is 17.1 Å². The maximum atomic E-state index is 11.9. The molecular formula is C14H20N4O3S. The van der Waals surface area contributed by atoms with Gasteiger partial charge < -0.3 is 9.73 Å². The standard InChI is InChI=1S/C14H20N4O3S/c1-2-22(19,20)11-3-4-13-12(9-11)17-14(21-13)18(15)10-5-7-16-8-6-10/h3-4,9-10,16H,2,5-8,15H2,1H3. The van der Waals surface area contributed by atoms with E-state index in [1.165, 1.54) is 6.07 Å². The number of benzene rings is 1. The van der Waals surface area contributed by atoms with E-state index in [2.05, 4.69) is 10.3 Å². The van der Waals surface area contributed by atoms with Crippen LogP contribution in [-0.2, 0) is 9.84 Å². The van der Waals surface area contributed by atoms with Crippen molar-refractivity contribution in [2.45, 2.75) is 30.7 Å². The van der Waals surface area contributed by atoms with Crippen LogP contribution < -0.4 is 16.2 Å². The Bertz CT molecular complexity index is 765. The zero-order chi connectivity index (χ0) is 15.7. The lowest BCUT2D eigenvalue weighted by Gasteiger charge is -2.29. The SMILES string of the molecule is CCS(=O)(=O)c1ccc2oc(N(N)C3CCNCC3)nc2c1. The van der Waals surface area contributed by atoms with Gasteiger partial charge in [-0.1, -0.05) is 6.92 Å². The Balaban J connectivity index is 1.92. The number of hydrogen-bond donors (Lipinski definition) is 2. The van der Waals surface area contributed by atoms with E-state index in [1.807, 2.05) is 0 Å². The first-order chi connectivity index (χ1) is 10.5. The molecule has 8 heteroatoms. The predicted octanol–water partition coefficient (Wildman–Crippen LogP) is 1.05. The van der Waals surface area contributed by atoms with Gasteiger partial charge in [-0.25, -0.2) is 14.3 Å². The fourth-order valence-electron chi connectivity index (χ4n) is 2.61. The van der Waals surface area contributed by atoms with Crippen LogP contribution in [0.15, 0.2) is 27.5 Å². The second-order valence-corrected chi connectivity index (χ2v) is 7.70. The second-order valence-electron chi connectivity index (χ2n) is 5.42. The van der Waals surface area contributed by atoms with E-state index in [-0.39, 0.29) is 16.7 Å². The average Bonchev–Trinajstić information content (AvgIpc) is 2.98. The Morgan fingerprint density at radius 2 is 2.14 bits per heavy atom. The average molecular weight is 324 g/mol. The van der Waals surface area contributed by atoms with Crippen molar-refractivity contribution in [3.05, 3.63) is 18.2 Å². The van der Waals surface area contributed by atoms with Crippen LogP contribution in [0.4, 0.5) is 6.01 Å². The van der Waals surface area contributed by atoms with Crippen molar-refractivity contribution in [3.8, 4) is 0 Å². The van der Waals surface area contributed by atoms with Crippen molar-refractivity contribution in [3.63, 3.8) is 0 Å². The first kappa shape index (κ1) is 15.3. The summed E-state index contributed by atoms with van der Waals surface area (Å²) in [7, 11) is -3.26. The monoisotopic (exact) mass is 324 g/mol. The van der Waals surface area contributed by atoms with Crippen LogP contribution in [-0.4, -0.2) is 38.3 Å². The van der Waals surface area contributed by atoms with E-state index in [4.69, 9.17) is 10.3 Å². The Hall–Kier alpha value is -1.64. The number of oxazole rings is 1. The molecule has 0 amide bonds. The van der Waals surface area contributed by atoms with E-state index < -0.39 is 9.84 Å². The molecule has 0 spiro atoms. The minimum absolute atomic E-state index is 0.0568. The number of piperidine rings is 1. The maximum Gasteiger partial charge on any atom is 0.313 e. The number of hydrazine groups is 1. The van der Waals surface area contributed by atoms with Crippen molar-refractivity contribution in [1.82, 2.24) is 10.3 Å². The van der Waals surface area contributed by atoms with E-state index in [1.54, 1.807) is 24.1 Å². The van der Waals surface area contributed by atoms with E-state index >= 15 is 0 Å². The quantitative estimate of drug-likeness (QED) is 0.640. The third-order valence-electron chi connectivity index (χ3n) is 4.01. The molecule has 3 N–H and O–H groups in total. The van der Waals surface area contributed by atoms with Crippen molar-refractivity contribution < 1.29 is 12.8 Å². The molecule has 7 nitrogen and oxygen atoms in total. The molecule has 3 rings (SSSR count). The summed E-state index contributed by atoms with van der Waals surface area (Å²) in [6, 6.07) is 5.21. The molecule has 1 fully saturated rings. The topological polar surface area (TPSA) is 101 Å². The summed E-state index contributed by atoms with van der Waals surface area (Å²) in [5.41, 5.74) is 1.04. The highest BCUT2D eigenvalue weighted by atomic mass is 32.2. The Kier molecular flexibility index (Phi) is 4.07. The van der Waals surface area contributed by atoms with E-state index in [0.717, 1.165) is 25.9 Å². The van der Waals surface area contributed by atoms with Crippen molar-refractivity contribution >= 4 is 27.0 Å². The lowest BCUT2D eigenvalue weighted by atomic mass is 10.1. The minimum Gasteiger partial charge on any atom is -0.422 e. The lowest BCUT2D eigenvalue weighted by molar-refractivity contribution is 0.411. The fourth-order valence-corrected chi connectivity index (χ4v) is 3.51. The number of nitrogens with two attached hydrogens (primary N) is 1. The fraction of sp³-hybridized carbons (Fsp3) is 0.500. The molecule has 1 aliphatic rings. The second kappa shape index (κ2) is 5.86. The Morgan fingerprint density at radius 3 is 2.82 bits per heavy atom. The van der Waals surface area contributed by atoms with Gasteiger partial charge in [0, 0.05) is 0 Å². The molecule has 0 aliphatic carbocycles. The largest absolute Gasteiger partial charge is 0.422 e. The van der Waals surface area contributed by atoms with Crippen LogP contribution in [0.5, 0.6) is 0 Å². The number of aromatic nitrogens is 1. The van der Waals surface area contributed by atoms with Crippen LogP contribution in [0.2, 0.25) is 0 Å². The highest BCUT2D eigenvalue weighted by Gasteiger charge is 2.23. The number of hydrogen-bond acceptors (Lipinski definition) is 7. The van der Waals surface area contributed by atoms with Gasteiger partial charge in [0.2, 0.25) is 0 Å². The summed E-state index contributed by atoms with van der Waals surface area (Å²) in [6.07, 6.45) is 1.84. The van der Waals surface area contributed by atoms with Gasteiger partial charge >= 0.3 is 6.01 Å². The summed E-state index contributed by atoms with van der Waals surface area (Å²) < 4.78 is 29.5. The van der Waals surface area contributed by atoms with Crippen LogP contribution in [0.1, 0.15) is 19.8 Å². The number of rotatable bonds is 4. The van der Waals surface area contributed by atoms with Gasteiger partial charge in [0.05, 0.1) is 16.7 Å². The molecule has 1 aliphatic heterocycles. The summed E-state index contributed by atoms with van der Waals surface area (Å²) in [5, 5.41) is 4.83. The summed E-state index contributed by atoms with van der Waals surface area (Å²) >= 11 is 0.